The van der Waals surface area contributed by atoms with Crippen molar-refractivity contribution >= 4 is 6.01 Å². The molecule has 8 nitrogen and oxygen atoms in total. The van der Waals surface area contributed by atoms with Gasteiger partial charge in [-0.2, -0.15) is 5.10 Å². The van der Waals surface area contributed by atoms with Gasteiger partial charge in [0.25, 0.3) is 11.6 Å². The molecule has 2 aromatic rings. The Morgan fingerprint density at radius 1 is 1.31 bits per heavy atom. The minimum atomic E-state index is -0.0410. The van der Waals surface area contributed by atoms with Gasteiger partial charge in [0.1, 0.15) is 6.26 Å². The number of hydrogen-bond donors (Lipinski definition) is 1. The van der Waals surface area contributed by atoms with Crippen LogP contribution in [0.5, 0.6) is 0 Å². The molecule has 4 rings (SSSR count). The fraction of sp³-hybridized carbons (Fsp3) is 0.611. The van der Waals surface area contributed by atoms with Crippen LogP contribution in [-0.2, 0) is 24.3 Å². The lowest BCUT2D eigenvalue weighted by atomic mass is 10.0. The molecule has 8 heteroatoms. The Labute approximate surface area is 152 Å². The van der Waals surface area contributed by atoms with Crippen molar-refractivity contribution in [3.8, 4) is 0 Å². The van der Waals surface area contributed by atoms with E-state index in [0.29, 0.717) is 31.8 Å². The van der Waals surface area contributed by atoms with E-state index >= 15 is 0 Å². The molecule has 2 aliphatic rings. The van der Waals surface area contributed by atoms with E-state index in [1.807, 2.05) is 0 Å². The van der Waals surface area contributed by atoms with Crippen molar-refractivity contribution in [2.24, 2.45) is 0 Å². The van der Waals surface area contributed by atoms with Crippen molar-refractivity contribution in [2.75, 3.05) is 31.6 Å². The van der Waals surface area contributed by atoms with Crippen molar-refractivity contribution in [1.29, 1.82) is 0 Å². The third-order valence-electron chi connectivity index (χ3n) is 5.17. The van der Waals surface area contributed by atoms with Crippen LogP contribution in [0.2, 0.25) is 0 Å². The van der Waals surface area contributed by atoms with Crippen LogP contribution < -0.4 is 10.9 Å². The summed E-state index contributed by atoms with van der Waals surface area (Å²) in [5, 5.41) is 7.82. The molecule has 2 aromatic heterocycles. The van der Waals surface area contributed by atoms with Gasteiger partial charge in [-0.1, -0.05) is 6.42 Å². The molecule has 0 bridgehead atoms. The second-order valence-corrected chi connectivity index (χ2v) is 6.88. The third-order valence-corrected chi connectivity index (χ3v) is 5.17. The first-order chi connectivity index (χ1) is 12.8. The Morgan fingerprint density at radius 2 is 2.27 bits per heavy atom. The van der Waals surface area contributed by atoms with Crippen molar-refractivity contribution in [1.82, 2.24) is 19.7 Å². The van der Waals surface area contributed by atoms with E-state index in [4.69, 9.17) is 9.15 Å². The largest absolute Gasteiger partial charge is 0.432 e. The molecule has 2 aliphatic heterocycles. The highest BCUT2D eigenvalue weighted by atomic mass is 16.5. The van der Waals surface area contributed by atoms with E-state index in [1.165, 1.54) is 12.8 Å². The summed E-state index contributed by atoms with van der Waals surface area (Å²) < 4.78 is 12.3. The van der Waals surface area contributed by atoms with Crippen LogP contribution in [0, 0.1) is 0 Å². The van der Waals surface area contributed by atoms with Crippen molar-refractivity contribution < 1.29 is 9.15 Å². The average Bonchev–Trinajstić information content (AvgIpc) is 3.19. The number of anilines is 1. The monoisotopic (exact) mass is 359 g/mol. The highest BCUT2D eigenvalue weighted by Crippen LogP contribution is 2.18. The third kappa shape index (κ3) is 3.96. The van der Waals surface area contributed by atoms with E-state index in [1.54, 1.807) is 23.2 Å². The van der Waals surface area contributed by atoms with Gasteiger partial charge in [-0.15, -0.1) is 0 Å². The number of nitrogens with zero attached hydrogens (tertiary/aromatic N) is 4. The van der Waals surface area contributed by atoms with Gasteiger partial charge in [0.2, 0.25) is 0 Å². The number of aromatic nitrogens is 3. The first-order valence-electron chi connectivity index (χ1n) is 9.35. The molecule has 0 spiro atoms. The Kier molecular flexibility index (Phi) is 5.31. The molecular formula is C18H25N5O3. The van der Waals surface area contributed by atoms with E-state index < -0.39 is 0 Å². The van der Waals surface area contributed by atoms with Gasteiger partial charge in [0.15, 0.2) is 0 Å². The van der Waals surface area contributed by atoms with Crippen LogP contribution in [0.1, 0.15) is 30.5 Å². The minimum Gasteiger partial charge on any atom is -0.432 e. The Hall–Kier alpha value is -2.19. The van der Waals surface area contributed by atoms with Crippen molar-refractivity contribution in [3.05, 3.63) is 40.1 Å². The Balaban J connectivity index is 1.38. The summed E-state index contributed by atoms with van der Waals surface area (Å²) in [5.74, 6) is 0. The zero-order chi connectivity index (χ0) is 17.8. The molecule has 4 heterocycles. The van der Waals surface area contributed by atoms with Crippen LogP contribution in [-0.4, -0.2) is 51.9 Å². The Morgan fingerprint density at radius 3 is 3.15 bits per heavy atom. The first-order valence-corrected chi connectivity index (χ1v) is 9.35. The fourth-order valence-electron chi connectivity index (χ4n) is 3.74. The Bertz CT molecular complexity index is 774. The number of hydrogen-bond acceptors (Lipinski definition) is 7. The minimum absolute atomic E-state index is 0.0410. The maximum Gasteiger partial charge on any atom is 0.294 e. The van der Waals surface area contributed by atoms with Crippen LogP contribution >= 0.6 is 0 Å². The van der Waals surface area contributed by atoms with E-state index in [0.717, 1.165) is 43.7 Å². The number of ether oxygens (including phenoxy) is 1. The van der Waals surface area contributed by atoms with Gasteiger partial charge in [0.05, 0.1) is 31.6 Å². The summed E-state index contributed by atoms with van der Waals surface area (Å²) in [6, 6.07) is 2.65. The van der Waals surface area contributed by atoms with Crippen LogP contribution in [0.25, 0.3) is 0 Å². The lowest BCUT2D eigenvalue weighted by Crippen LogP contribution is -2.45. The molecule has 1 fully saturated rings. The number of piperidine rings is 1. The van der Waals surface area contributed by atoms with Gasteiger partial charge in [-0.3, -0.25) is 9.69 Å². The van der Waals surface area contributed by atoms with Gasteiger partial charge in [-0.05, 0) is 19.4 Å². The molecule has 140 valence electrons. The first kappa shape index (κ1) is 17.2. The van der Waals surface area contributed by atoms with E-state index in [-0.39, 0.29) is 5.56 Å². The standard InChI is InChI=1S/C18H25N5O3/c24-17-11-14-13-25-9-4-16(14)21-23(17)8-7-22-6-2-1-3-15(22)12-20-18-19-5-10-26-18/h5,10-11,15H,1-4,6-9,12-13H2,(H,19,20). The summed E-state index contributed by atoms with van der Waals surface area (Å²) in [5.41, 5.74) is 1.89. The number of nitrogens with one attached hydrogen (secondary N) is 1. The summed E-state index contributed by atoms with van der Waals surface area (Å²) in [6.07, 6.45) is 7.55. The molecule has 0 saturated carbocycles. The van der Waals surface area contributed by atoms with Crippen LogP contribution in [0.4, 0.5) is 6.01 Å². The molecule has 0 aromatic carbocycles. The van der Waals surface area contributed by atoms with Gasteiger partial charge < -0.3 is 14.5 Å². The molecule has 26 heavy (non-hydrogen) atoms. The summed E-state index contributed by atoms with van der Waals surface area (Å²) >= 11 is 0. The lowest BCUT2D eigenvalue weighted by molar-refractivity contribution is 0.107. The zero-order valence-corrected chi connectivity index (χ0v) is 14.9. The van der Waals surface area contributed by atoms with Gasteiger partial charge in [0, 0.05) is 37.2 Å². The SMILES string of the molecule is O=c1cc2c(nn1CCN1CCCCC1CNc1ncco1)CCOC2. The second-order valence-electron chi connectivity index (χ2n) is 6.88. The predicted molar refractivity (Wildman–Crippen MR) is 96.1 cm³/mol. The molecule has 1 unspecified atom stereocenters. The normalized spacial score (nSPS) is 20.7. The quantitative estimate of drug-likeness (QED) is 0.831. The highest BCUT2D eigenvalue weighted by Gasteiger charge is 2.23. The zero-order valence-electron chi connectivity index (χ0n) is 14.9. The average molecular weight is 359 g/mol. The number of fused-ring (bicyclic) bond motifs is 1. The molecule has 0 amide bonds. The van der Waals surface area contributed by atoms with Crippen LogP contribution in [0.3, 0.4) is 0 Å². The maximum absolute atomic E-state index is 12.3. The number of likely N-dealkylation sites (tertiary alicyclic amines) is 1. The number of oxazole rings is 1. The van der Waals surface area contributed by atoms with Gasteiger partial charge >= 0.3 is 0 Å². The summed E-state index contributed by atoms with van der Waals surface area (Å²) in [6.45, 7) is 4.45. The van der Waals surface area contributed by atoms with Gasteiger partial charge in [-0.25, -0.2) is 9.67 Å². The smallest absolute Gasteiger partial charge is 0.294 e. The molecule has 0 aliphatic carbocycles. The summed E-state index contributed by atoms with van der Waals surface area (Å²) in [4.78, 5) is 18.9. The molecular weight excluding hydrogens is 334 g/mol. The number of rotatable bonds is 6. The molecule has 1 atom stereocenters. The van der Waals surface area contributed by atoms with Crippen LogP contribution in [0.15, 0.2) is 27.7 Å². The molecule has 0 radical (unpaired) electrons. The van der Waals surface area contributed by atoms with Crippen molar-refractivity contribution in [3.63, 3.8) is 0 Å². The highest BCUT2D eigenvalue weighted by molar-refractivity contribution is 5.19. The second kappa shape index (κ2) is 8.01. The van der Waals surface area contributed by atoms with E-state index in [2.05, 4.69) is 20.3 Å². The lowest BCUT2D eigenvalue weighted by Gasteiger charge is -2.35. The maximum atomic E-state index is 12.3. The van der Waals surface area contributed by atoms with Crippen molar-refractivity contribution in [2.45, 2.75) is 44.9 Å². The van der Waals surface area contributed by atoms with E-state index in [9.17, 15) is 4.79 Å². The fourth-order valence-corrected chi connectivity index (χ4v) is 3.74. The molecule has 1 N–H and O–H groups in total. The predicted octanol–water partition coefficient (Wildman–Crippen LogP) is 1.27. The topological polar surface area (TPSA) is 85.4 Å². The molecule has 1 saturated heterocycles. The summed E-state index contributed by atoms with van der Waals surface area (Å²) in [7, 11) is 0.